The Balaban J connectivity index is 3.18. The molecule has 1 nitrogen and oxygen atoms in total. The highest BCUT2D eigenvalue weighted by Gasteiger charge is 2.05. The molecule has 0 saturated carbocycles. The van der Waals surface area contributed by atoms with E-state index in [2.05, 4.69) is 19.1 Å². The average Bonchev–Trinajstić information content (AvgIpc) is 2.43. The lowest BCUT2D eigenvalue weighted by Gasteiger charge is -2.02. The summed E-state index contributed by atoms with van der Waals surface area (Å²) in [6.45, 7) is 6.25. The van der Waals surface area contributed by atoms with Crippen LogP contribution in [0.5, 0.6) is 0 Å². The molecule has 0 fully saturated rings. The van der Waals surface area contributed by atoms with Crippen molar-refractivity contribution in [3.63, 3.8) is 0 Å². The van der Waals surface area contributed by atoms with E-state index < -0.39 is 0 Å². The van der Waals surface area contributed by atoms with Gasteiger partial charge >= 0.3 is 0 Å². The molecule has 0 heterocycles. The predicted octanol–water partition coefficient (Wildman–Crippen LogP) is 6.47. The van der Waals surface area contributed by atoms with Crippen LogP contribution in [0.2, 0.25) is 0 Å². The van der Waals surface area contributed by atoms with Crippen molar-refractivity contribution in [2.24, 2.45) is 5.92 Å². The van der Waals surface area contributed by atoms with Gasteiger partial charge in [-0.2, -0.15) is 0 Å². The van der Waals surface area contributed by atoms with Gasteiger partial charge in [-0.25, -0.2) is 0 Å². The number of hydrogen-bond acceptors (Lipinski definition) is 1. The first-order valence-electron chi connectivity index (χ1n) is 8.86. The normalized spacial score (nSPS) is 11.6. The lowest BCUT2D eigenvalue weighted by molar-refractivity contribution is -0.122. The van der Waals surface area contributed by atoms with Crippen molar-refractivity contribution < 1.29 is 4.79 Å². The molecule has 0 saturated heterocycles. The van der Waals surface area contributed by atoms with Gasteiger partial charge in [-0.1, -0.05) is 71.4 Å². The van der Waals surface area contributed by atoms with Crippen molar-refractivity contribution >= 4 is 5.78 Å². The summed E-state index contributed by atoms with van der Waals surface area (Å²) in [5.74, 6) is 0.635. The molecule has 0 aromatic carbocycles. The van der Waals surface area contributed by atoms with E-state index >= 15 is 0 Å². The van der Waals surface area contributed by atoms with Crippen LogP contribution >= 0.6 is 0 Å². The molecule has 0 unspecified atom stereocenters. The summed E-state index contributed by atoms with van der Waals surface area (Å²) in [6.07, 6.45) is 19.7. The summed E-state index contributed by atoms with van der Waals surface area (Å²) < 4.78 is 0. The predicted molar refractivity (Wildman–Crippen MR) is 90.1 cm³/mol. The maximum atomic E-state index is 11.4. The lowest BCUT2D eigenvalue weighted by atomic mass is 10.0. The summed E-state index contributed by atoms with van der Waals surface area (Å²) in [5, 5.41) is 0. The van der Waals surface area contributed by atoms with Crippen LogP contribution in [0.4, 0.5) is 0 Å². The van der Waals surface area contributed by atoms with Crippen molar-refractivity contribution in [3.8, 4) is 0 Å². The lowest BCUT2D eigenvalue weighted by Crippen LogP contribution is -2.05. The van der Waals surface area contributed by atoms with Gasteiger partial charge in [0.1, 0.15) is 5.78 Å². The zero-order valence-corrected chi connectivity index (χ0v) is 14.1. The third kappa shape index (κ3) is 13.8. The minimum absolute atomic E-state index is 0.215. The quantitative estimate of drug-likeness (QED) is 0.263. The van der Waals surface area contributed by atoms with Crippen molar-refractivity contribution in [3.05, 3.63) is 12.2 Å². The maximum absolute atomic E-state index is 11.4. The van der Waals surface area contributed by atoms with Crippen LogP contribution in [0.1, 0.15) is 97.8 Å². The Labute approximate surface area is 127 Å². The summed E-state index contributed by atoms with van der Waals surface area (Å²) in [6, 6.07) is 0. The molecule has 0 spiro atoms. The molecule has 0 aliphatic carbocycles. The number of allylic oxidation sites excluding steroid dienone is 2. The molecule has 0 bridgehead atoms. The van der Waals surface area contributed by atoms with Crippen LogP contribution in [-0.2, 0) is 4.79 Å². The van der Waals surface area contributed by atoms with Crippen molar-refractivity contribution in [2.75, 3.05) is 0 Å². The molecule has 0 N–H and O–H groups in total. The molecule has 20 heavy (non-hydrogen) atoms. The zero-order valence-electron chi connectivity index (χ0n) is 14.1. The molecular formula is C19H36O. The van der Waals surface area contributed by atoms with Gasteiger partial charge in [0.25, 0.3) is 0 Å². The topological polar surface area (TPSA) is 17.1 Å². The standard InChI is InChI=1S/C19H36O/c1-4-5-6-7-8-9-10-11-12-13-14-15-16-17-19(20)18(2)3/h11-12,18H,4-10,13-17H2,1-3H3/b12-11-. The Bertz CT molecular complexity index is 240. The second kappa shape index (κ2) is 14.8. The Kier molecular flexibility index (Phi) is 14.4. The Hall–Kier alpha value is -0.590. The molecule has 0 amide bonds. The van der Waals surface area contributed by atoms with Crippen LogP contribution in [0.15, 0.2) is 12.2 Å². The third-order valence-electron chi connectivity index (χ3n) is 3.83. The van der Waals surface area contributed by atoms with Crippen molar-refractivity contribution in [2.45, 2.75) is 97.8 Å². The largest absolute Gasteiger partial charge is 0.299 e. The number of rotatable bonds is 14. The van der Waals surface area contributed by atoms with E-state index in [-0.39, 0.29) is 5.92 Å². The van der Waals surface area contributed by atoms with Gasteiger partial charge < -0.3 is 0 Å². The van der Waals surface area contributed by atoms with Gasteiger partial charge in [0, 0.05) is 12.3 Å². The molecule has 0 rings (SSSR count). The molecule has 0 aliphatic heterocycles. The fourth-order valence-corrected chi connectivity index (χ4v) is 2.31. The number of unbranched alkanes of at least 4 members (excludes halogenated alkanes) is 9. The van der Waals surface area contributed by atoms with E-state index in [0.29, 0.717) is 5.78 Å². The highest BCUT2D eigenvalue weighted by atomic mass is 16.1. The van der Waals surface area contributed by atoms with Gasteiger partial charge in [0.15, 0.2) is 0 Å². The second-order valence-corrected chi connectivity index (χ2v) is 6.25. The molecule has 118 valence electrons. The van der Waals surface area contributed by atoms with E-state index in [9.17, 15) is 4.79 Å². The van der Waals surface area contributed by atoms with E-state index in [0.717, 1.165) is 12.8 Å². The highest BCUT2D eigenvalue weighted by Crippen LogP contribution is 2.09. The molecular weight excluding hydrogens is 244 g/mol. The van der Waals surface area contributed by atoms with Crippen LogP contribution in [0.25, 0.3) is 0 Å². The molecule has 0 aliphatic rings. The van der Waals surface area contributed by atoms with E-state index in [4.69, 9.17) is 0 Å². The zero-order chi connectivity index (χ0) is 15.1. The fraction of sp³-hybridized carbons (Fsp3) is 0.842. The smallest absolute Gasteiger partial charge is 0.135 e. The van der Waals surface area contributed by atoms with Gasteiger partial charge in [-0.15, -0.1) is 0 Å². The minimum atomic E-state index is 0.215. The maximum Gasteiger partial charge on any atom is 0.135 e. The molecule has 1 heteroatoms. The van der Waals surface area contributed by atoms with Crippen LogP contribution in [0.3, 0.4) is 0 Å². The number of carbonyl (C=O) groups excluding carboxylic acids is 1. The van der Waals surface area contributed by atoms with Crippen LogP contribution in [0, 0.1) is 5.92 Å². The fourth-order valence-electron chi connectivity index (χ4n) is 2.31. The first kappa shape index (κ1) is 19.4. The van der Waals surface area contributed by atoms with E-state index in [1.54, 1.807) is 0 Å². The second-order valence-electron chi connectivity index (χ2n) is 6.25. The van der Waals surface area contributed by atoms with Gasteiger partial charge in [0.05, 0.1) is 0 Å². The first-order chi connectivity index (χ1) is 9.68. The minimum Gasteiger partial charge on any atom is -0.299 e. The third-order valence-corrected chi connectivity index (χ3v) is 3.83. The first-order valence-corrected chi connectivity index (χ1v) is 8.86. The van der Waals surface area contributed by atoms with Crippen LogP contribution < -0.4 is 0 Å². The number of ketones is 1. The number of carbonyl (C=O) groups is 1. The van der Waals surface area contributed by atoms with E-state index in [1.807, 2.05) is 13.8 Å². The summed E-state index contributed by atoms with van der Waals surface area (Å²) in [7, 11) is 0. The van der Waals surface area contributed by atoms with Crippen molar-refractivity contribution in [1.29, 1.82) is 0 Å². The SMILES string of the molecule is CCCCCCCC/C=C\CCCCCC(=O)C(C)C. The Morgan fingerprint density at radius 1 is 0.800 bits per heavy atom. The number of hydrogen-bond donors (Lipinski definition) is 0. The Morgan fingerprint density at radius 2 is 1.30 bits per heavy atom. The Morgan fingerprint density at radius 3 is 1.85 bits per heavy atom. The van der Waals surface area contributed by atoms with Crippen molar-refractivity contribution in [1.82, 2.24) is 0 Å². The molecule has 0 aromatic heterocycles. The summed E-state index contributed by atoms with van der Waals surface area (Å²) in [5.41, 5.74) is 0. The van der Waals surface area contributed by atoms with Gasteiger partial charge in [-0.05, 0) is 32.1 Å². The molecule has 0 aromatic rings. The van der Waals surface area contributed by atoms with Gasteiger partial charge in [-0.3, -0.25) is 4.79 Å². The molecule has 0 atom stereocenters. The highest BCUT2D eigenvalue weighted by molar-refractivity contribution is 5.80. The van der Waals surface area contributed by atoms with Gasteiger partial charge in [0.2, 0.25) is 0 Å². The van der Waals surface area contributed by atoms with E-state index in [1.165, 1.54) is 64.2 Å². The summed E-state index contributed by atoms with van der Waals surface area (Å²) in [4.78, 5) is 11.4. The average molecular weight is 280 g/mol. The van der Waals surface area contributed by atoms with Crippen LogP contribution in [-0.4, -0.2) is 5.78 Å². The summed E-state index contributed by atoms with van der Waals surface area (Å²) >= 11 is 0. The monoisotopic (exact) mass is 280 g/mol. The number of Topliss-reactive ketones (excluding diaryl/α,β-unsaturated/α-hetero) is 1. The molecule has 0 radical (unpaired) electrons.